The summed E-state index contributed by atoms with van der Waals surface area (Å²) >= 11 is 0. The third-order valence-corrected chi connectivity index (χ3v) is 5.33. The Morgan fingerprint density at radius 3 is 2.88 bits per heavy atom. The summed E-state index contributed by atoms with van der Waals surface area (Å²) in [6.45, 7) is 0.193. The lowest BCUT2D eigenvalue weighted by Gasteiger charge is -2.24. The van der Waals surface area contributed by atoms with Crippen molar-refractivity contribution >= 4 is 17.5 Å². The topological polar surface area (TPSA) is 88.1 Å². The van der Waals surface area contributed by atoms with Crippen LogP contribution in [0.1, 0.15) is 44.9 Å². The maximum atomic E-state index is 12.5. The summed E-state index contributed by atoms with van der Waals surface area (Å²) in [4.78, 5) is 24.2. The molecule has 2 saturated carbocycles. The number of anilines is 1. The van der Waals surface area contributed by atoms with Crippen LogP contribution in [0, 0.1) is 5.92 Å². The monoisotopic (exact) mass is 331 g/mol. The number of nitrogens with one attached hydrogen (secondary N) is 3. The van der Waals surface area contributed by atoms with Crippen LogP contribution in [0.25, 0.3) is 0 Å². The highest BCUT2D eigenvalue weighted by Crippen LogP contribution is 2.33. The third kappa shape index (κ3) is 3.61. The fourth-order valence-electron chi connectivity index (χ4n) is 3.91. The molecule has 4 rings (SSSR count). The number of rotatable bonds is 5. The number of hydrogen-bond acceptors (Lipinski definition) is 4. The van der Waals surface area contributed by atoms with E-state index in [1.54, 1.807) is 17.1 Å². The van der Waals surface area contributed by atoms with Gasteiger partial charge >= 0.3 is 0 Å². The zero-order valence-electron chi connectivity index (χ0n) is 13.8. The van der Waals surface area contributed by atoms with Gasteiger partial charge in [0.25, 0.3) is 0 Å². The van der Waals surface area contributed by atoms with E-state index in [2.05, 4.69) is 21.0 Å². The van der Waals surface area contributed by atoms with Crippen LogP contribution < -0.4 is 16.0 Å². The SMILES string of the molecule is O=C(Cn1cc(NC(=O)C2CC3CCCCC3N2)cn1)NC1CC1. The van der Waals surface area contributed by atoms with Crippen LogP contribution in [0.2, 0.25) is 0 Å². The lowest BCUT2D eigenvalue weighted by Crippen LogP contribution is -2.39. The summed E-state index contributed by atoms with van der Waals surface area (Å²) in [5.41, 5.74) is 0.649. The molecule has 0 aromatic carbocycles. The fourth-order valence-corrected chi connectivity index (χ4v) is 3.91. The van der Waals surface area contributed by atoms with E-state index in [0.29, 0.717) is 23.7 Å². The first kappa shape index (κ1) is 15.6. The Morgan fingerprint density at radius 1 is 1.25 bits per heavy atom. The fraction of sp³-hybridized carbons (Fsp3) is 0.706. The smallest absolute Gasteiger partial charge is 0.241 e. The van der Waals surface area contributed by atoms with Crippen molar-refractivity contribution in [3.05, 3.63) is 12.4 Å². The number of fused-ring (bicyclic) bond motifs is 1. The van der Waals surface area contributed by atoms with Crippen molar-refractivity contribution in [1.29, 1.82) is 0 Å². The molecule has 3 fully saturated rings. The molecule has 1 aromatic rings. The maximum Gasteiger partial charge on any atom is 0.241 e. The van der Waals surface area contributed by atoms with Crippen molar-refractivity contribution in [1.82, 2.24) is 20.4 Å². The summed E-state index contributed by atoms with van der Waals surface area (Å²) < 4.78 is 1.56. The van der Waals surface area contributed by atoms with Gasteiger partial charge in [0.2, 0.25) is 11.8 Å². The Kier molecular flexibility index (Phi) is 4.26. The van der Waals surface area contributed by atoms with Gasteiger partial charge in [-0.1, -0.05) is 12.8 Å². The Morgan fingerprint density at radius 2 is 2.08 bits per heavy atom. The molecular formula is C17H25N5O2. The van der Waals surface area contributed by atoms with E-state index < -0.39 is 0 Å². The largest absolute Gasteiger partial charge is 0.352 e. The van der Waals surface area contributed by atoms with Gasteiger partial charge in [-0.2, -0.15) is 5.10 Å². The van der Waals surface area contributed by atoms with Crippen LogP contribution in [0.4, 0.5) is 5.69 Å². The van der Waals surface area contributed by atoms with Crippen molar-refractivity contribution in [3.8, 4) is 0 Å². The molecule has 0 bridgehead atoms. The van der Waals surface area contributed by atoms with E-state index in [4.69, 9.17) is 0 Å². The molecule has 2 aliphatic carbocycles. The quantitative estimate of drug-likeness (QED) is 0.752. The third-order valence-electron chi connectivity index (χ3n) is 5.33. The molecule has 0 spiro atoms. The molecule has 3 unspecified atom stereocenters. The van der Waals surface area contributed by atoms with Crippen LogP contribution in [0.5, 0.6) is 0 Å². The summed E-state index contributed by atoms with van der Waals surface area (Å²) in [7, 11) is 0. The molecule has 1 aliphatic heterocycles. The zero-order chi connectivity index (χ0) is 16.5. The minimum Gasteiger partial charge on any atom is -0.352 e. The van der Waals surface area contributed by atoms with Crippen molar-refractivity contribution in [2.45, 2.75) is 69.6 Å². The van der Waals surface area contributed by atoms with Crippen molar-refractivity contribution in [2.24, 2.45) is 5.92 Å². The minimum absolute atomic E-state index is 0.00591. The lowest BCUT2D eigenvalue weighted by molar-refractivity contribution is -0.122. The molecule has 1 aromatic heterocycles. The molecule has 3 aliphatic rings. The highest BCUT2D eigenvalue weighted by atomic mass is 16.2. The van der Waals surface area contributed by atoms with Gasteiger partial charge in [-0.05, 0) is 38.0 Å². The maximum absolute atomic E-state index is 12.5. The number of aromatic nitrogens is 2. The molecule has 2 amide bonds. The highest BCUT2D eigenvalue weighted by Gasteiger charge is 2.38. The predicted octanol–water partition coefficient (Wildman–Crippen LogP) is 1.02. The second-order valence-electron chi connectivity index (χ2n) is 7.36. The number of hydrogen-bond donors (Lipinski definition) is 3. The van der Waals surface area contributed by atoms with Gasteiger partial charge < -0.3 is 16.0 Å². The molecule has 7 nitrogen and oxygen atoms in total. The summed E-state index contributed by atoms with van der Waals surface area (Å²) in [6, 6.07) is 0.743. The average molecular weight is 331 g/mol. The van der Waals surface area contributed by atoms with E-state index in [0.717, 1.165) is 19.3 Å². The van der Waals surface area contributed by atoms with Gasteiger partial charge in [-0.3, -0.25) is 14.3 Å². The first-order valence-corrected chi connectivity index (χ1v) is 9.06. The molecule has 3 N–H and O–H groups in total. The molecular weight excluding hydrogens is 306 g/mol. The summed E-state index contributed by atoms with van der Waals surface area (Å²) in [5.74, 6) is 0.620. The van der Waals surface area contributed by atoms with Crippen LogP contribution in [-0.4, -0.2) is 39.7 Å². The summed E-state index contributed by atoms with van der Waals surface area (Å²) in [5, 5.41) is 13.5. The van der Waals surface area contributed by atoms with E-state index in [1.165, 1.54) is 25.7 Å². The normalized spacial score (nSPS) is 29.1. The van der Waals surface area contributed by atoms with Crippen LogP contribution in [0.3, 0.4) is 0 Å². The molecule has 2 heterocycles. The van der Waals surface area contributed by atoms with Crippen molar-refractivity contribution in [2.75, 3.05) is 5.32 Å². The van der Waals surface area contributed by atoms with Crippen LogP contribution in [-0.2, 0) is 16.1 Å². The molecule has 130 valence electrons. The van der Waals surface area contributed by atoms with Gasteiger partial charge in [0.15, 0.2) is 0 Å². The number of nitrogens with zero attached hydrogens (tertiary/aromatic N) is 2. The van der Waals surface area contributed by atoms with Crippen molar-refractivity contribution < 1.29 is 9.59 Å². The van der Waals surface area contributed by atoms with Crippen molar-refractivity contribution in [3.63, 3.8) is 0 Å². The lowest BCUT2D eigenvalue weighted by atomic mass is 9.85. The number of carbonyl (C=O) groups excluding carboxylic acids is 2. The Bertz CT molecular complexity index is 610. The predicted molar refractivity (Wildman–Crippen MR) is 89.3 cm³/mol. The zero-order valence-corrected chi connectivity index (χ0v) is 13.8. The number of carbonyl (C=O) groups is 2. The number of amides is 2. The first-order valence-electron chi connectivity index (χ1n) is 9.06. The van der Waals surface area contributed by atoms with Gasteiger partial charge in [-0.15, -0.1) is 0 Å². The van der Waals surface area contributed by atoms with Gasteiger partial charge in [-0.25, -0.2) is 0 Å². The van der Waals surface area contributed by atoms with E-state index in [1.807, 2.05) is 0 Å². The molecule has 24 heavy (non-hydrogen) atoms. The minimum atomic E-state index is -0.111. The molecule has 7 heteroatoms. The average Bonchev–Trinajstić information content (AvgIpc) is 3.09. The van der Waals surface area contributed by atoms with Crippen LogP contribution in [0.15, 0.2) is 12.4 Å². The molecule has 1 saturated heterocycles. The molecule has 0 radical (unpaired) electrons. The van der Waals surface area contributed by atoms with E-state index in [-0.39, 0.29) is 24.4 Å². The Hall–Kier alpha value is -1.89. The molecule has 3 atom stereocenters. The second kappa shape index (κ2) is 6.55. The first-order chi connectivity index (χ1) is 11.7. The van der Waals surface area contributed by atoms with Gasteiger partial charge in [0.1, 0.15) is 6.54 Å². The summed E-state index contributed by atoms with van der Waals surface area (Å²) in [6.07, 6.45) is 11.3. The van der Waals surface area contributed by atoms with E-state index in [9.17, 15) is 9.59 Å². The second-order valence-corrected chi connectivity index (χ2v) is 7.36. The highest BCUT2D eigenvalue weighted by molar-refractivity contribution is 5.94. The van der Waals surface area contributed by atoms with E-state index >= 15 is 0 Å². The Balaban J connectivity index is 1.29. The van der Waals surface area contributed by atoms with Gasteiger partial charge in [0, 0.05) is 18.3 Å². The Labute approximate surface area is 141 Å². The standard InChI is InChI=1S/C17H25N5O2/c23-16(19-12-5-6-12)10-22-9-13(8-18-22)20-17(24)15-7-11-3-1-2-4-14(11)21-15/h8-9,11-12,14-15,21H,1-7,10H2,(H,19,23)(H,20,24). The van der Waals surface area contributed by atoms with Gasteiger partial charge in [0.05, 0.1) is 17.9 Å². The van der Waals surface area contributed by atoms with Crippen LogP contribution >= 0.6 is 0 Å².